The molecule has 3 aromatic rings. The molecule has 4 rings (SSSR count). The monoisotopic (exact) mass is 596 g/mol. The van der Waals surface area contributed by atoms with Gasteiger partial charge in [0.1, 0.15) is 22.5 Å². The Bertz CT molecular complexity index is 1400. The third-order valence-electron chi connectivity index (χ3n) is 5.85. The van der Waals surface area contributed by atoms with E-state index in [1.807, 2.05) is 0 Å². The number of piperidine rings is 1. The zero-order chi connectivity index (χ0) is 29.9. The van der Waals surface area contributed by atoms with Crippen molar-refractivity contribution in [2.24, 2.45) is 0 Å². The maximum Gasteiger partial charge on any atom is 0.434 e. The molecule has 1 aliphatic rings. The van der Waals surface area contributed by atoms with E-state index in [0.29, 0.717) is 37.8 Å². The summed E-state index contributed by atoms with van der Waals surface area (Å²) >= 11 is 0.911. The molecule has 0 atom stereocenters. The van der Waals surface area contributed by atoms with Crippen LogP contribution in [0.1, 0.15) is 55.4 Å². The average molecular weight is 597 g/mol. The summed E-state index contributed by atoms with van der Waals surface area (Å²) in [7, 11) is 0. The van der Waals surface area contributed by atoms with E-state index in [2.05, 4.69) is 25.0 Å². The molecule has 0 spiro atoms. The molecule has 2 N–H and O–H groups in total. The summed E-state index contributed by atoms with van der Waals surface area (Å²) in [6.07, 6.45) is -2.86. The zero-order valence-electron chi connectivity index (χ0n) is 22.6. The molecule has 0 bridgehead atoms. The smallest absolute Gasteiger partial charge is 0.434 e. The van der Waals surface area contributed by atoms with Crippen LogP contribution in [0, 0.1) is 12.7 Å². The summed E-state index contributed by atoms with van der Waals surface area (Å²) in [4.78, 5) is 33.9. The third kappa shape index (κ3) is 7.80. The molecular formula is C26H28F4N6O4S. The molecule has 0 aliphatic carbocycles. The minimum absolute atomic E-state index is 0.00957. The van der Waals surface area contributed by atoms with Crippen molar-refractivity contribution in [3.05, 3.63) is 53.4 Å². The van der Waals surface area contributed by atoms with Crippen molar-refractivity contribution in [3.8, 4) is 5.75 Å². The summed E-state index contributed by atoms with van der Waals surface area (Å²) in [6, 6.07) is 4.00. The number of rotatable bonds is 6. The SMILES string of the molecule is Cc1nsc(Nc2cnc(C(F)(F)F)cn2)c1C(=O)Nc1ccc(OC2CCN(C(=O)OC(C)(C)C)CC2)c(F)c1. The zero-order valence-corrected chi connectivity index (χ0v) is 23.5. The number of halogens is 4. The molecule has 0 radical (unpaired) electrons. The van der Waals surface area contributed by atoms with Crippen LogP contribution in [0.25, 0.3) is 0 Å². The van der Waals surface area contributed by atoms with E-state index >= 15 is 0 Å². The third-order valence-corrected chi connectivity index (χ3v) is 6.70. The summed E-state index contributed by atoms with van der Waals surface area (Å²) in [6.45, 7) is 7.80. The van der Waals surface area contributed by atoms with Crippen molar-refractivity contribution in [3.63, 3.8) is 0 Å². The Balaban J connectivity index is 1.36. The molecule has 0 saturated carbocycles. The van der Waals surface area contributed by atoms with Gasteiger partial charge in [-0.25, -0.2) is 19.2 Å². The fourth-order valence-electron chi connectivity index (χ4n) is 3.91. The van der Waals surface area contributed by atoms with Gasteiger partial charge in [0.25, 0.3) is 5.91 Å². The highest BCUT2D eigenvalue weighted by atomic mass is 32.1. The van der Waals surface area contributed by atoms with Gasteiger partial charge in [-0.3, -0.25) is 4.79 Å². The number of aryl methyl sites for hydroxylation is 1. The molecule has 1 fully saturated rings. The van der Waals surface area contributed by atoms with Crippen LogP contribution < -0.4 is 15.4 Å². The first kappa shape index (κ1) is 30.0. The number of carbonyl (C=O) groups is 2. The molecule has 220 valence electrons. The van der Waals surface area contributed by atoms with Gasteiger partial charge >= 0.3 is 12.3 Å². The van der Waals surface area contributed by atoms with E-state index in [9.17, 15) is 27.2 Å². The first-order valence-electron chi connectivity index (χ1n) is 12.6. The summed E-state index contributed by atoms with van der Waals surface area (Å²) in [5.74, 6) is -1.30. The Kier molecular flexibility index (Phi) is 8.66. The van der Waals surface area contributed by atoms with E-state index in [1.165, 1.54) is 12.1 Å². The van der Waals surface area contributed by atoms with Crippen molar-refractivity contribution in [1.29, 1.82) is 0 Å². The first-order chi connectivity index (χ1) is 19.2. The number of nitrogens with one attached hydrogen (secondary N) is 2. The Labute approximate surface area is 237 Å². The highest BCUT2D eigenvalue weighted by molar-refractivity contribution is 7.10. The van der Waals surface area contributed by atoms with Crippen LogP contribution in [0.3, 0.4) is 0 Å². The summed E-state index contributed by atoms with van der Waals surface area (Å²) < 4.78 is 68.4. The van der Waals surface area contributed by atoms with Gasteiger partial charge in [0.05, 0.1) is 23.7 Å². The number of likely N-dealkylation sites (tertiary alicyclic amines) is 1. The van der Waals surface area contributed by atoms with Crippen LogP contribution >= 0.6 is 11.5 Å². The number of amides is 2. The molecule has 2 aromatic heterocycles. The number of ether oxygens (including phenoxy) is 2. The van der Waals surface area contributed by atoms with Crippen LogP contribution in [0.4, 0.5) is 38.9 Å². The second-order valence-corrected chi connectivity index (χ2v) is 11.0. The number of aromatic nitrogens is 3. The Morgan fingerprint density at radius 1 is 1.10 bits per heavy atom. The quantitative estimate of drug-likeness (QED) is 0.324. The number of nitrogens with zero attached hydrogens (tertiary/aromatic N) is 4. The largest absolute Gasteiger partial charge is 0.487 e. The standard InChI is InChI=1S/C26H28F4N6O4S/c1-14-21(23(41-35-14)34-20-13-31-19(12-32-20)26(28,29)30)22(37)33-15-5-6-18(17(27)11-15)39-16-7-9-36(10-8-16)24(38)40-25(2,3)4/h5-6,11-13,16H,7-10H2,1-4H3,(H,32,34)(H,33,37). The highest BCUT2D eigenvalue weighted by Crippen LogP contribution is 2.31. The van der Waals surface area contributed by atoms with Crippen molar-refractivity contribution in [1.82, 2.24) is 19.2 Å². The maximum absolute atomic E-state index is 14.9. The Hall–Kier alpha value is -4.01. The first-order valence-corrected chi connectivity index (χ1v) is 13.3. The van der Waals surface area contributed by atoms with Gasteiger partial charge in [-0.2, -0.15) is 17.5 Å². The van der Waals surface area contributed by atoms with Crippen molar-refractivity contribution < 1.29 is 36.6 Å². The molecule has 1 aliphatic heterocycles. The van der Waals surface area contributed by atoms with Crippen LogP contribution in [0.15, 0.2) is 30.6 Å². The Morgan fingerprint density at radius 3 is 2.39 bits per heavy atom. The highest BCUT2D eigenvalue weighted by Gasteiger charge is 2.33. The van der Waals surface area contributed by atoms with Gasteiger partial charge in [0, 0.05) is 37.7 Å². The van der Waals surface area contributed by atoms with Crippen LogP contribution in [-0.4, -0.2) is 56.0 Å². The molecule has 1 saturated heterocycles. The van der Waals surface area contributed by atoms with Crippen molar-refractivity contribution >= 4 is 40.0 Å². The second-order valence-electron chi connectivity index (χ2n) is 10.3. The lowest BCUT2D eigenvalue weighted by atomic mass is 10.1. The van der Waals surface area contributed by atoms with Gasteiger partial charge in [-0.05, 0) is 51.4 Å². The van der Waals surface area contributed by atoms with Gasteiger partial charge in [0.2, 0.25) is 0 Å². The second kappa shape index (κ2) is 11.8. The van der Waals surface area contributed by atoms with Gasteiger partial charge in [-0.1, -0.05) is 0 Å². The molecule has 1 aromatic carbocycles. The van der Waals surface area contributed by atoms with Gasteiger partial charge < -0.3 is 25.0 Å². The van der Waals surface area contributed by atoms with E-state index < -0.39 is 35.3 Å². The fraction of sp³-hybridized carbons (Fsp3) is 0.423. The fourth-order valence-corrected chi connectivity index (χ4v) is 4.71. The number of hydrogen-bond donors (Lipinski definition) is 2. The minimum Gasteiger partial charge on any atom is -0.487 e. The van der Waals surface area contributed by atoms with E-state index in [4.69, 9.17) is 9.47 Å². The number of hydrogen-bond acceptors (Lipinski definition) is 9. The number of alkyl halides is 3. The predicted octanol–water partition coefficient (Wildman–Crippen LogP) is 6.17. The molecular weight excluding hydrogens is 568 g/mol. The lowest BCUT2D eigenvalue weighted by molar-refractivity contribution is -0.141. The van der Waals surface area contributed by atoms with Crippen molar-refractivity contribution in [2.45, 2.75) is 58.4 Å². The number of carbonyl (C=O) groups excluding carboxylic acids is 2. The maximum atomic E-state index is 14.9. The minimum atomic E-state index is -4.63. The normalized spacial score (nSPS) is 14.5. The van der Waals surface area contributed by atoms with Crippen LogP contribution in [0.2, 0.25) is 0 Å². The van der Waals surface area contributed by atoms with Crippen molar-refractivity contribution in [2.75, 3.05) is 23.7 Å². The molecule has 41 heavy (non-hydrogen) atoms. The number of anilines is 3. The van der Waals surface area contributed by atoms with Gasteiger partial charge in [-0.15, -0.1) is 0 Å². The van der Waals surface area contributed by atoms with E-state index in [-0.39, 0.29) is 33.9 Å². The molecule has 15 heteroatoms. The summed E-state index contributed by atoms with van der Waals surface area (Å²) in [5.41, 5.74) is -1.11. The molecule has 2 amide bonds. The average Bonchev–Trinajstić information content (AvgIpc) is 3.24. The summed E-state index contributed by atoms with van der Waals surface area (Å²) in [5, 5.41) is 5.58. The van der Waals surface area contributed by atoms with Crippen LogP contribution in [-0.2, 0) is 10.9 Å². The van der Waals surface area contributed by atoms with Crippen LogP contribution in [0.5, 0.6) is 5.75 Å². The van der Waals surface area contributed by atoms with E-state index in [1.54, 1.807) is 32.6 Å². The lowest BCUT2D eigenvalue weighted by Crippen LogP contribution is -2.44. The van der Waals surface area contributed by atoms with Gasteiger partial charge in [0.15, 0.2) is 17.3 Å². The lowest BCUT2D eigenvalue weighted by Gasteiger charge is -2.33. The molecule has 0 unspecified atom stereocenters. The number of benzene rings is 1. The van der Waals surface area contributed by atoms with E-state index in [0.717, 1.165) is 23.8 Å². The molecule has 3 heterocycles. The predicted molar refractivity (Wildman–Crippen MR) is 143 cm³/mol. The molecule has 10 nitrogen and oxygen atoms in total. The Morgan fingerprint density at radius 2 is 1.80 bits per heavy atom. The topological polar surface area (TPSA) is 119 Å².